The molecule has 1 atom stereocenters. The number of carbonyl (C=O) groups is 1. The Morgan fingerprint density at radius 3 is 3.00 bits per heavy atom. The van der Waals surface area contributed by atoms with Gasteiger partial charge in [0.2, 0.25) is 5.91 Å². The molecule has 3 heterocycles. The molecule has 0 unspecified atom stereocenters. The number of piperazine rings is 1. The van der Waals surface area contributed by atoms with Crippen molar-refractivity contribution in [2.75, 3.05) is 38.3 Å². The third-order valence-corrected chi connectivity index (χ3v) is 6.30. The Labute approximate surface area is 189 Å². The van der Waals surface area contributed by atoms with Gasteiger partial charge < -0.3 is 19.3 Å². The lowest BCUT2D eigenvalue weighted by Gasteiger charge is -2.40. The molecule has 0 aliphatic carbocycles. The van der Waals surface area contributed by atoms with Gasteiger partial charge in [0.15, 0.2) is 5.75 Å². The number of benzene rings is 2. The molecule has 5 rings (SSSR count). The van der Waals surface area contributed by atoms with Gasteiger partial charge in [-0.2, -0.15) is 0 Å². The molecule has 7 nitrogen and oxygen atoms in total. The second-order valence-electron chi connectivity index (χ2n) is 7.62. The smallest absolute Gasteiger partial charge is 0.246 e. The summed E-state index contributed by atoms with van der Waals surface area (Å²) in [6.45, 7) is 5.45. The number of hydrogen-bond acceptors (Lipinski definition) is 6. The van der Waals surface area contributed by atoms with E-state index in [1.165, 1.54) is 25.6 Å². The average molecular weight is 455 g/mol. The lowest BCUT2D eigenvalue weighted by atomic mass is 10.0. The third-order valence-electron chi connectivity index (χ3n) is 5.93. The fourth-order valence-electron chi connectivity index (χ4n) is 4.41. The van der Waals surface area contributed by atoms with Crippen LogP contribution in [0.3, 0.4) is 0 Å². The zero-order chi connectivity index (χ0) is 22.4. The lowest BCUT2D eigenvalue weighted by molar-refractivity contribution is -0.126. The Bertz CT molecular complexity index is 1250. The van der Waals surface area contributed by atoms with Crippen molar-refractivity contribution in [2.24, 2.45) is 0 Å². The first-order chi connectivity index (χ1) is 15.5. The molecule has 1 aromatic heterocycles. The van der Waals surface area contributed by atoms with E-state index in [4.69, 9.17) is 21.1 Å². The quantitative estimate of drug-likeness (QED) is 0.562. The Balaban J connectivity index is 1.67. The molecule has 0 bridgehead atoms. The van der Waals surface area contributed by atoms with E-state index >= 15 is 0 Å². The first-order valence-electron chi connectivity index (χ1n) is 10.1. The number of halogens is 2. The Morgan fingerprint density at radius 1 is 1.38 bits per heavy atom. The molecular weight excluding hydrogens is 435 g/mol. The number of rotatable bonds is 3. The highest BCUT2D eigenvalue weighted by Crippen LogP contribution is 2.48. The summed E-state index contributed by atoms with van der Waals surface area (Å²) in [5.74, 6) is 0.864. The Kier molecular flexibility index (Phi) is 5.09. The van der Waals surface area contributed by atoms with E-state index in [0.29, 0.717) is 53.4 Å². The van der Waals surface area contributed by atoms with Crippen LogP contribution in [-0.4, -0.2) is 60.2 Å². The van der Waals surface area contributed by atoms with E-state index in [-0.39, 0.29) is 29.1 Å². The van der Waals surface area contributed by atoms with Crippen molar-refractivity contribution in [3.05, 3.63) is 54.1 Å². The molecule has 1 amide bonds. The van der Waals surface area contributed by atoms with Crippen molar-refractivity contribution in [3.8, 4) is 22.6 Å². The van der Waals surface area contributed by atoms with E-state index in [9.17, 15) is 9.18 Å². The molecule has 0 radical (unpaired) electrons. The zero-order valence-electron chi connectivity index (χ0n) is 17.3. The molecule has 0 N–H and O–H groups in total. The minimum absolute atomic E-state index is 0.119. The van der Waals surface area contributed by atoms with Gasteiger partial charge >= 0.3 is 0 Å². The highest BCUT2D eigenvalue weighted by atomic mass is 35.5. The van der Waals surface area contributed by atoms with Crippen LogP contribution in [-0.2, 0) is 4.79 Å². The number of carbonyl (C=O) groups excluding carboxylic acids is 1. The van der Waals surface area contributed by atoms with Crippen molar-refractivity contribution >= 4 is 34.2 Å². The van der Waals surface area contributed by atoms with Crippen molar-refractivity contribution in [1.29, 1.82) is 0 Å². The standard InChI is InChI=1S/C23H20ClFN4O3/c1-3-18(30)28-7-8-29-13(10-28)11-32-22-20-16(26-12-27-23(20)29)9-14(21(22)24)19-15(25)5-4-6-17(19)31-2/h3-6,9,12-13H,1,7-8,10-11H2,2H3/t13-/m0/s1. The van der Waals surface area contributed by atoms with Gasteiger partial charge in [0.1, 0.15) is 30.3 Å². The molecule has 2 aliphatic heterocycles. The summed E-state index contributed by atoms with van der Waals surface area (Å²) < 4.78 is 26.4. The summed E-state index contributed by atoms with van der Waals surface area (Å²) >= 11 is 6.80. The summed E-state index contributed by atoms with van der Waals surface area (Å²) in [4.78, 5) is 24.9. The molecule has 0 spiro atoms. The summed E-state index contributed by atoms with van der Waals surface area (Å²) in [5, 5.41) is 0.929. The Morgan fingerprint density at radius 2 is 2.22 bits per heavy atom. The van der Waals surface area contributed by atoms with Crippen molar-refractivity contribution < 1.29 is 18.7 Å². The minimum atomic E-state index is -0.461. The first-order valence-corrected chi connectivity index (χ1v) is 10.5. The van der Waals surface area contributed by atoms with Crippen LogP contribution in [0.4, 0.5) is 10.2 Å². The van der Waals surface area contributed by atoms with Crippen LogP contribution in [0.15, 0.2) is 43.2 Å². The van der Waals surface area contributed by atoms with E-state index in [0.717, 1.165) is 0 Å². The fraction of sp³-hybridized carbons (Fsp3) is 0.261. The number of anilines is 1. The van der Waals surface area contributed by atoms with E-state index in [1.807, 2.05) is 0 Å². The fourth-order valence-corrected chi connectivity index (χ4v) is 4.70. The van der Waals surface area contributed by atoms with Gasteiger partial charge in [0.05, 0.1) is 34.6 Å². The zero-order valence-corrected chi connectivity index (χ0v) is 18.1. The normalized spacial score (nSPS) is 17.4. The summed E-state index contributed by atoms with van der Waals surface area (Å²) in [5.41, 5.74) is 1.25. The number of hydrogen-bond donors (Lipinski definition) is 0. The molecular formula is C23H20ClFN4O3. The van der Waals surface area contributed by atoms with Crippen molar-refractivity contribution in [2.45, 2.75) is 6.04 Å². The number of amides is 1. The van der Waals surface area contributed by atoms with Gasteiger partial charge in [-0.15, -0.1) is 0 Å². The highest BCUT2D eigenvalue weighted by Gasteiger charge is 2.35. The van der Waals surface area contributed by atoms with E-state index in [2.05, 4.69) is 21.4 Å². The number of fused-ring (bicyclic) bond motifs is 2. The van der Waals surface area contributed by atoms with E-state index in [1.54, 1.807) is 23.1 Å². The molecule has 9 heteroatoms. The molecule has 1 saturated heterocycles. The maximum atomic E-state index is 14.8. The largest absolute Gasteiger partial charge is 0.496 e. The van der Waals surface area contributed by atoms with Gasteiger partial charge in [-0.3, -0.25) is 4.79 Å². The molecule has 3 aromatic rings. The minimum Gasteiger partial charge on any atom is -0.496 e. The van der Waals surface area contributed by atoms with Crippen LogP contribution in [0, 0.1) is 5.82 Å². The van der Waals surface area contributed by atoms with Crippen LogP contribution >= 0.6 is 11.6 Å². The Hall–Kier alpha value is -3.39. The second-order valence-corrected chi connectivity index (χ2v) is 8.00. The maximum absolute atomic E-state index is 14.8. The maximum Gasteiger partial charge on any atom is 0.246 e. The van der Waals surface area contributed by atoms with Gasteiger partial charge in [-0.1, -0.05) is 24.2 Å². The van der Waals surface area contributed by atoms with Gasteiger partial charge in [0, 0.05) is 25.2 Å². The molecule has 0 saturated carbocycles. The SMILES string of the molecule is C=CC(=O)N1CCN2c3ncnc4cc(-c5c(F)cccc5OC)c(Cl)c(c34)OC[C@@H]2C1. The van der Waals surface area contributed by atoms with Gasteiger partial charge in [-0.25, -0.2) is 14.4 Å². The van der Waals surface area contributed by atoms with Crippen LogP contribution in [0.2, 0.25) is 5.02 Å². The summed E-state index contributed by atoms with van der Waals surface area (Å²) in [6, 6.07) is 6.21. The van der Waals surface area contributed by atoms with Crippen molar-refractivity contribution in [3.63, 3.8) is 0 Å². The summed E-state index contributed by atoms with van der Waals surface area (Å²) in [7, 11) is 1.48. The molecule has 1 fully saturated rings. The number of ether oxygens (including phenoxy) is 2. The van der Waals surface area contributed by atoms with Crippen LogP contribution < -0.4 is 14.4 Å². The molecule has 32 heavy (non-hydrogen) atoms. The monoisotopic (exact) mass is 454 g/mol. The van der Waals surface area contributed by atoms with Crippen molar-refractivity contribution in [1.82, 2.24) is 14.9 Å². The van der Waals surface area contributed by atoms with Crippen LogP contribution in [0.1, 0.15) is 0 Å². The number of nitrogens with zero attached hydrogens (tertiary/aromatic N) is 4. The van der Waals surface area contributed by atoms with Crippen LogP contribution in [0.5, 0.6) is 11.5 Å². The molecule has 164 valence electrons. The highest BCUT2D eigenvalue weighted by molar-refractivity contribution is 6.36. The third kappa shape index (κ3) is 3.14. The second kappa shape index (κ2) is 7.94. The first kappa shape index (κ1) is 20.5. The van der Waals surface area contributed by atoms with Gasteiger partial charge in [-0.05, 0) is 24.3 Å². The van der Waals surface area contributed by atoms with Gasteiger partial charge in [0.25, 0.3) is 0 Å². The summed E-state index contributed by atoms with van der Waals surface area (Å²) in [6.07, 6.45) is 2.79. The van der Waals surface area contributed by atoms with E-state index < -0.39 is 5.82 Å². The number of aromatic nitrogens is 2. The average Bonchev–Trinajstić information content (AvgIpc) is 2.98. The predicted octanol–water partition coefficient (Wildman–Crippen LogP) is 3.69. The van der Waals surface area contributed by atoms with Crippen LogP contribution in [0.25, 0.3) is 22.0 Å². The molecule has 2 aromatic carbocycles. The topological polar surface area (TPSA) is 67.8 Å². The molecule has 2 aliphatic rings. The number of methoxy groups -OCH3 is 1. The lowest BCUT2D eigenvalue weighted by Crippen LogP contribution is -2.56. The predicted molar refractivity (Wildman–Crippen MR) is 120 cm³/mol.